The Kier molecular flexibility index (Phi) is 4.93. The van der Waals surface area contributed by atoms with E-state index in [2.05, 4.69) is 29.6 Å². The molecule has 21 heavy (non-hydrogen) atoms. The maximum Gasteiger partial charge on any atom is 0.573 e. The Hall–Kier alpha value is -1.49. The molecule has 1 heterocycles. The zero-order valence-electron chi connectivity index (χ0n) is 12.3. The largest absolute Gasteiger partial charge is 0.573 e. The quantitative estimate of drug-likeness (QED) is 0.820. The molecule has 0 bridgehead atoms. The summed E-state index contributed by atoms with van der Waals surface area (Å²) >= 11 is 0. The zero-order chi connectivity index (χ0) is 15.5. The van der Waals surface area contributed by atoms with Crippen LogP contribution in [0.3, 0.4) is 0 Å². The SMILES string of the molecule is CC(C)CN1CC=C(c2ccc(OC(F)(F)F)cc2)CC1. The van der Waals surface area contributed by atoms with E-state index in [-0.39, 0.29) is 5.75 Å². The Bertz CT molecular complexity index is 491. The van der Waals surface area contributed by atoms with Crippen molar-refractivity contribution in [3.05, 3.63) is 35.9 Å². The van der Waals surface area contributed by atoms with Gasteiger partial charge in [0.25, 0.3) is 0 Å². The number of halogens is 3. The van der Waals surface area contributed by atoms with Gasteiger partial charge in [-0.05, 0) is 35.6 Å². The van der Waals surface area contributed by atoms with Crippen molar-refractivity contribution in [3.8, 4) is 5.75 Å². The zero-order valence-corrected chi connectivity index (χ0v) is 12.3. The van der Waals surface area contributed by atoms with Crippen LogP contribution in [0.4, 0.5) is 13.2 Å². The van der Waals surface area contributed by atoms with Crippen molar-refractivity contribution in [2.24, 2.45) is 5.92 Å². The molecule has 0 aliphatic carbocycles. The van der Waals surface area contributed by atoms with E-state index >= 15 is 0 Å². The highest BCUT2D eigenvalue weighted by atomic mass is 19.4. The van der Waals surface area contributed by atoms with Crippen LogP contribution >= 0.6 is 0 Å². The molecular formula is C16H20F3NO. The van der Waals surface area contributed by atoms with Gasteiger partial charge >= 0.3 is 6.36 Å². The summed E-state index contributed by atoms with van der Waals surface area (Å²) in [4.78, 5) is 2.38. The van der Waals surface area contributed by atoms with Gasteiger partial charge in [-0.15, -0.1) is 13.2 Å². The number of hydrogen-bond acceptors (Lipinski definition) is 2. The maximum absolute atomic E-state index is 12.1. The summed E-state index contributed by atoms with van der Waals surface area (Å²) in [7, 11) is 0. The van der Waals surface area contributed by atoms with E-state index < -0.39 is 6.36 Å². The summed E-state index contributed by atoms with van der Waals surface area (Å²) in [6, 6.07) is 6.10. The van der Waals surface area contributed by atoms with E-state index in [0.717, 1.165) is 31.6 Å². The van der Waals surface area contributed by atoms with Gasteiger partial charge in [-0.2, -0.15) is 0 Å². The van der Waals surface area contributed by atoms with Crippen molar-refractivity contribution in [3.63, 3.8) is 0 Å². The summed E-state index contributed by atoms with van der Waals surface area (Å²) in [5.74, 6) is 0.461. The smallest absolute Gasteiger partial charge is 0.406 e. The Balaban J connectivity index is 1.98. The molecule has 116 valence electrons. The minimum atomic E-state index is -4.64. The summed E-state index contributed by atoms with van der Waals surface area (Å²) in [6.45, 7) is 7.35. The predicted molar refractivity (Wildman–Crippen MR) is 77.0 cm³/mol. The third-order valence-electron chi connectivity index (χ3n) is 3.38. The molecule has 1 aliphatic rings. The van der Waals surface area contributed by atoms with Crippen LogP contribution in [0.2, 0.25) is 0 Å². The fraction of sp³-hybridized carbons (Fsp3) is 0.500. The first kappa shape index (κ1) is 15.9. The molecule has 2 nitrogen and oxygen atoms in total. The number of benzene rings is 1. The van der Waals surface area contributed by atoms with Crippen LogP contribution in [0.25, 0.3) is 5.57 Å². The van der Waals surface area contributed by atoms with Crippen molar-refractivity contribution < 1.29 is 17.9 Å². The number of alkyl halides is 3. The Morgan fingerprint density at radius 1 is 1.19 bits per heavy atom. The Morgan fingerprint density at radius 2 is 1.86 bits per heavy atom. The van der Waals surface area contributed by atoms with Crippen LogP contribution in [0.5, 0.6) is 5.75 Å². The van der Waals surface area contributed by atoms with E-state index in [1.165, 1.54) is 17.7 Å². The van der Waals surface area contributed by atoms with Gasteiger partial charge in [0.15, 0.2) is 0 Å². The summed E-state index contributed by atoms with van der Waals surface area (Å²) in [5, 5.41) is 0. The molecule has 1 aromatic carbocycles. The normalized spacial score (nSPS) is 17.0. The molecule has 5 heteroatoms. The molecule has 0 unspecified atom stereocenters. The number of ether oxygens (including phenoxy) is 1. The number of rotatable bonds is 4. The van der Waals surface area contributed by atoms with Gasteiger partial charge in [-0.1, -0.05) is 32.1 Å². The fourth-order valence-corrected chi connectivity index (χ4v) is 2.53. The lowest BCUT2D eigenvalue weighted by molar-refractivity contribution is -0.274. The van der Waals surface area contributed by atoms with Crippen LogP contribution < -0.4 is 4.74 Å². The molecule has 0 atom stereocenters. The number of nitrogens with zero attached hydrogens (tertiary/aromatic N) is 1. The van der Waals surface area contributed by atoms with E-state index in [1.54, 1.807) is 12.1 Å². The summed E-state index contributed by atoms with van der Waals surface area (Å²) in [5.41, 5.74) is 2.15. The van der Waals surface area contributed by atoms with Crippen LogP contribution in [0, 0.1) is 5.92 Å². The first-order valence-electron chi connectivity index (χ1n) is 7.11. The second-order valence-corrected chi connectivity index (χ2v) is 5.70. The highest BCUT2D eigenvalue weighted by Crippen LogP contribution is 2.27. The Morgan fingerprint density at radius 3 is 2.33 bits per heavy atom. The van der Waals surface area contributed by atoms with E-state index in [4.69, 9.17) is 0 Å². The Labute approximate surface area is 123 Å². The molecule has 0 fully saturated rings. The van der Waals surface area contributed by atoms with Crippen LogP contribution in [0.15, 0.2) is 30.3 Å². The third-order valence-corrected chi connectivity index (χ3v) is 3.38. The highest BCUT2D eigenvalue weighted by molar-refractivity contribution is 5.67. The van der Waals surface area contributed by atoms with Crippen molar-refractivity contribution in [1.82, 2.24) is 4.90 Å². The number of hydrogen-bond donors (Lipinski definition) is 0. The monoisotopic (exact) mass is 299 g/mol. The molecule has 0 N–H and O–H groups in total. The van der Waals surface area contributed by atoms with E-state index in [1.807, 2.05) is 0 Å². The minimum absolute atomic E-state index is 0.177. The average Bonchev–Trinajstić information content (AvgIpc) is 2.38. The van der Waals surface area contributed by atoms with E-state index in [9.17, 15) is 13.2 Å². The van der Waals surface area contributed by atoms with Gasteiger partial charge in [0.05, 0.1) is 0 Å². The van der Waals surface area contributed by atoms with Gasteiger partial charge in [-0.3, -0.25) is 4.90 Å². The van der Waals surface area contributed by atoms with E-state index in [0.29, 0.717) is 5.92 Å². The second kappa shape index (κ2) is 6.52. The maximum atomic E-state index is 12.1. The first-order valence-corrected chi connectivity index (χ1v) is 7.11. The molecule has 0 radical (unpaired) electrons. The third kappa shape index (κ3) is 5.08. The van der Waals surface area contributed by atoms with Gasteiger partial charge in [0.2, 0.25) is 0 Å². The van der Waals surface area contributed by atoms with Gasteiger partial charge in [0, 0.05) is 19.6 Å². The molecule has 2 rings (SSSR count). The van der Waals surface area contributed by atoms with Gasteiger partial charge < -0.3 is 4.74 Å². The lowest BCUT2D eigenvalue weighted by Gasteiger charge is -2.27. The van der Waals surface area contributed by atoms with Gasteiger partial charge in [-0.25, -0.2) is 0 Å². The lowest BCUT2D eigenvalue weighted by atomic mass is 9.99. The van der Waals surface area contributed by atoms with Crippen molar-refractivity contribution in [1.29, 1.82) is 0 Å². The average molecular weight is 299 g/mol. The summed E-state index contributed by atoms with van der Waals surface area (Å²) < 4.78 is 40.2. The van der Waals surface area contributed by atoms with Crippen LogP contribution in [0.1, 0.15) is 25.8 Å². The topological polar surface area (TPSA) is 12.5 Å². The van der Waals surface area contributed by atoms with Crippen molar-refractivity contribution in [2.75, 3.05) is 19.6 Å². The molecular weight excluding hydrogens is 279 g/mol. The van der Waals surface area contributed by atoms with Crippen molar-refractivity contribution in [2.45, 2.75) is 26.6 Å². The molecule has 0 amide bonds. The van der Waals surface area contributed by atoms with Crippen molar-refractivity contribution >= 4 is 5.57 Å². The fourth-order valence-electron chi connectivity index (χ4n) is 2.53. The molecule has 1 aliphatic heterocycles. The minimum Gasteiger partial charge on any atom is -0.406 e. The summed E-state index contributed by atoms with van der Waals surface area (Å²) in [6.07, 6.45) is -1.55. The van der Waals surface area contributed by atoms with Crippen LogP contribution in [-0.2, 0) is 0 Å². The predicted octanol–water partition coefficient (Wildman–Crippen LogP) is 4.33. The lowest BCUT2D eigenvalue weighted by Crippen LogP contribution is -2.31. The molecule has 1 aromatic rings. The molecule has 0 saturated heterocycles. The van der Waals surface area contributed by atoms with Crippen LogP contribution in [-0.4, -0.2) is 30.9 Å². The highest BCUT2D eigenvalue weighted by Gasteiger charge is 2.31. The standard InChI is InChI=1S/C16H20F3NO/c1-12(2)11-20-9-7-14(8-10-20)13-3-5-15(6-4-13)21-16(17,18)19/h3-7,12H,8-11H2,1-2H3. The molecule has 0 aromatic heterocycles. The molecule has 0 saturated carbocycles. The second-order valence-electron chi connectivity index (χ2n) is 5.70. The molecule has 0 spiro atoms. The first-order chi connectivity index (χ1) is 9.83. The van der Waals surface area contributed by atoms with Gasteiger partial charge in [0.1, 0.15) is 5.75 Å².